The molecule has 2 amide bonds. The minimum atomic E-state index is -0.0187. The predicted octanol–water partition coefficient (Wildman–Crippen LogP) is 2.57. The van der Waals surface area contributed by atoms with Gasteiger partial charge < -0.3 is 19.5 Å². The number of likely N-dealkylation sites (tertiary alicyclic amines) is 2. The number of nitrogens with zero attached hydrogens (tertiary/aromatic N) is 3. The average molecular weight is 396 g/mol. The molecule has 154 valence electrons. The number of aromatic nitrogens is 2. The van der Waals surface area contributed by atoms with Crippen molar-refractivity contribution < 1.29 is 14.3 Å². The molecular formula is C22H28N4O3. The highest BCUT2D eigenvalue weighted by molar-refractivity contribution is 6.00. The largest absolute Gasteiger partial charge is 0.383 e. The summed E-state index contributed by atoms with van der Waals surface area (Å²) in [7, 11) is 1.65. The van der Waals surface area contributed by atoms with E-state index in [0.717, 1.165) is 31.4 Å². The molecule has 2 aliphatic rings. The Bertz CT molecular complexity index is 867. The first-order chi connectivity index (χ1) is 14.1. The molecule has 2 saturated heterocycles. The van der Waals surface area contributed by atoms with Crippen LogP contribution in [0.1, 0.15) is 36.0 Å². The lowest BCUT2D eigenvalue weighted by atomic mass is 9.73. The van der Waals surface area contributed by atoms with E-state index in [0.29, 0.717) is 44.0 Å². The summed E-state index contributed by atoms with van der Waals surface area (Å²) in [4.78, 5) is 37.1. The number of piperidine rings is 2. The first-order valence-corrected chi connectivity index (χ1v) is 10.3. The van der Waals surface area contributed by atoms with Gasteiger partial charge in [0.25, 0.3) is 5.91 Å². The zero-order chi connectivity index (χ0) is 20.3. The maximum Gasteiger partial charge on any atom is 0.254 e. The summed E-state index contributed by atoms with van der Waals surface area (Å²) < 4.78 is 5.17. The molecular weight excluding hydrogens is 368 g/mol. The molecule has 1 aromatic carbocycles. The number of rotatable bonds is 5. The lowest BCUT2D eigenvalue weighted by molar-refractivity contribution is -0.139. The summed E-state index contributed by atoms with van der Waals surface area (Å²) in [6.45, 7) is 3.31. The molecule has 4 rings (SSSR count). The molecule has 1 N–H and O–H groups in total. The van der Waals surface area contributed by atoms with Gasteiger partial charge in [0, 0.05) is 63.1 Å². The molecule has 2 aromatic rings. The van der Waals surface area contributed by atoms with Crippen LogP contribution in [0.25, 0.3) is 11.4 Å². The first kappa shape index (κ1) is 19.6. The number of nitrogens with one attached hydrogen (secondary N) is 1. The van der Waals surface area contributed by atoms with Crippen molar-refractivity contribution in [2.45, 2.75) is 25.7 Å². The SMILES string of the molecule is COCCN1C[C@]2(CCCN(C(=O)c3ccccc3-c3ncc[nH]3)C2)CCC1=O. The van der Waals surface area contributed by atoms with Crippen LogP contribution in [0.4, 0.5) is 0 Å². The second-order valence-electron chi connectivity index (χ2n) is 8.12. The molecule has 2 fully saturated rings. The molecule has 0 aliphatic carbocycles. The molecule has 1 spiro atoms. The molecule has 0 unspecified atom stereocenters. The smallest absolute Gasteiger partial charge is 0.254 e. The van der Waals surface area contributed by atoms with E-state index < -0.39 is 0 Å². The normalized spacial score (nSPS) is 22.3. The van der Waals surface area contributed by atoms with Crippen molar-refractivity contribution in [3.8, 4) is 11.4 Å². The fourth-order valence-corrected chi connectivity index (χ4v) is 4.68. The Hall–Kier alpha value is -2.67. The van der Waals surface area contributed by atoms with Gasteiger partial charge in [-0.05, 0) is 25.3 Å². The number of hydrogen-bond donors (Lipinski definition) is 1. The van der Waals surface area contributed by atoms with Crippen molar-refractivity contribution in [3.05, 3.63) is 42.2 Å². The lowest BCUT2D eigenvalue weighted by Gasteiger charge is -2.48. The van der Waals surface area contributed by atoms with Crippen LogP contribution >= 0.6 is 0 Å². The van der Waals surface area contributed by atoms with E-state index in [2.05, 4.69) is 9.97 Å². The van der Waals surface area contributed by atoms with Crippen molar-refractivity contribution >= 4 is 11.8 Å². The van der Waals surface area contributed by atoms with Gasteiger partial charge in [0.15, 0.2) is 0 Å². The van der Waals surface area contributed by atoms with E-state index in [1.165, 1.54) is 0 Å². The van der Waals surface area contributed by atoms with Crippen molar-refractivity contribution in [3.63, 3.8) is 0 Å². The molecule has 0 saturated carbocycles. The van der Waals surface area contributed by atoms with E-state index in [-0.39, 0.29) is 17.2 Å². The van der Waals surface area contributed by atoms with Crippen LogP contribution in [0.2, 0.25) is 0 Å². The minimum Gasteiger partial charge on any atom is -0.383 e. The number of imidazole rings is 1. The third-order valence-corrected chi connectivity index (χ3v) is 6.17. The van der Waals surface area contributed by atoms with E-state index >= 15 is 0 Å². The fraction of sp³-hybridized carbons (Fsp3) is 0.500. The molecule has 0 radical (unpaired) electrons. The third kappa shape index (κ3) is 4.05. The number of amides is 2. The number of carbonyl (C=O) groups excluding carboxylic acids is 2. The predicted molar refractivity (Wildman–Crippen MR) is 109 cm³/mol. The van der Waals surface area contributed by atoms with Gasteiger partial charge in [-0.3, -0.25) is 9.59 Å². The van der Waals surface area contributed by atoms with E-state index in [4.69, 9.17) is 4.74 Å². The quantitative estimate of drug-likeness (QED) is 0.843. The number of H-pyrrole nitrogens is 1. The second kappa shape index (κ2) is 8.37. The first-order valence-electron chi connectivity index (χ1n) is 10.3. The van der Waals surface area contributed by atoms with Gasteiger partial charge in [-0.2, -0.15) is 0 Å². The number of ether oxygens (including phenoxy) is 1. The maximum atomic E-state index is 13.4. The van der Waals surface area contributed by atoms with Gasteiger partial charge in [0.2, 0.25) is 5.91 Å². The molecule has 1 aromatic heterocycles. The van der Waals surface area contributed by atoms with Gasteiger partial charge in [-0.25, -0.2) is 4.98 Å². The molecule has 7 nitrogen and oxygen atoms in total. The van der Waals surface area contributed by atoms with Crippen LogP contribution in [0.3, 0.4) is 0 Å². The maximum absolute atomic E-state index is 13.4. The third-order valence-electron chi connectivity index (χ3n) is 6.17. The molecule has 2 aliphatic heterocycles. The van der Waals surface area contributed by atoms with Gasteiger partial charge in [0.05, 0.1) is 12.2 Å². The summed E-state index contributed by atoms with van der Waals surface area (Å²) in [6, 6.07) is 7.62. The number of aromatic amines is 1. The summed E-state index contributed by atoms with van der Waals surface area (Å²) in [6.07, 6.45) is 6.86. The van der Waals surface area contributed by atoms with Crippen molar-refractivity contribution in [2.24, 2.45) is 5.41 Å². The number of carbonyl (C=O) groups is 2. The average Bonchev–Trinajstić information content (AvgIpc) is 3.29. The van der Waals surface area contributed by atoms with Gasteiger partial charge in [-0.15, -0.1) is 0 Å². The Labute approximate surface area is 171 Å². The Morgan fingerprint density at radius 2 is 2.14 bits per heavy atom. The Morgan fingerprint density at radius 3 is 2.93 bits per heavy atom. The van der Waals surface area contributed by atoms with E-state index in [9.17, 15) is 9.59 Å². The second-order valence-corrected chi connectivity index (χ2v) is 8.12. The standard InChI is InChI=1S/C22H28N4O3/c1-29-14-13-25-15-22(9-7-19(25)27)8-4-12-26(16-22)21(28)18-6-3-2-5-17(18)20-23-10-11-24-20/h2-3,5-6,10-11H,4,7-9,12-16H2,1H3,(H,23,24)/t22-/m0/s1. The van der Waals surface area contributed by atoms with Crippen LogP contribution in [-0.4, -0.2) is 71.5 Å². The molecule has 0 bridgehead atoms. The summed E-state index contributed by atoms with van der Waals surface area (Å²) in [5.41, 5.74) is 1.47. The molecule has 29 heavy (non-hydrogen) atoms. The Morgan fingerprint density at radius 1 is 1.28 bits per heavy atom. The van der Waals surface area contributed by atoms with Gasteiger partial charge in [-0.1, -0.05) is 18.2 Å². The lowest BCUT2D eigenvalue weighted by Crippen LogP contribution is -2.55. The number of methoxy groups -OCH3 is 1. The highest BCUT2D eigenvalue weighted by atomic mass is 16.5. The van der Waals surface area contributed by atoms with Gasteiger partial charge in [0.1, 0.15) is 5.82 Å². The van der Waals surface area contributed by atoms with Crippen molar-refractivity contribution in [1.82, 2.24) is 19.8 Å². The zero-order valence-corrected chi connectivity index (χ0v) is 16.9. The van der Waals surface area contributed by atoms with Crippen LogP contribution < -0.4 is 0 Å². The monoisotopic (exact) mass is 396 g/mol. The summed E-state index contributed by atoms with van der Waals surface area (Å²) >= 11 is 0. The van der Waals surface area contributed by atoms with Crippen molar-refractivity contribution in [1.29, 1.82) is 0 Å². The highest BCUT2D eigenvalue weighted by Gasteiger charge is 2.42. The summed E-state index contributed by atoms with van der Waals surface area (Å²) in [5.74, 6) is 0.936. The van der Waals surface area contributed by atoms with Crippen LogP contribution in [0.15, 0.2) is 36.7 Å². The zero-order valence-electron chi connectivity index (χ0n) is 16.9. The molecule has 3 heterocycles. The summed E-state index contributed by atoms with van der Waals surface area (Å²) in [5, 5.41) is 0. The topological polar surface area (TPSA) is 78.5 Å². The number of benzene rings is 1. The van der Waals surface area contributed by atoms with Gasteiger partial charge >= 0.3 is 0 Å². The Kier molecular flexibility index (Phi) is 5.67. The van der Waals surface area contributed by atoms with E-state index in [1.54, 1.807) is 19.5 Å². The number of hydrogen-bond acceptors (Lipinski definition) is 4. The van der Waals surface area contributed by atoms with Crippen molar-refractivity contribution in [2.75, 3.05) is 39.9 Å². The molecule has 1 atom stereocenters. The Balaban J connectivity index is 1.53. The van der Waals surface area contributed by atoms with Crippen LogP contribution in [0.5, 0.6) is 0 Å². The van der Waals surface area contributed by atoms with Crippen LogP contribution in [-0.2, 0) is 9.53 Å². The molecule has 7 heteroatoms. The van der Waals surface area contributed by atoms with Crippen LogP contribution in [0, 0.1) is 5.41 Å². The fourth-order valence-electron chi connectivity index (χ4n) is 4.68. The minimum absolute atomic E-state index is 0.0187. The van der Waals surface area contributed by atoms with E-state index in [1.807, 2.05) is 34.1 Å². The highest BCUT2D eigenvalue weighted by Crippen LogP contribution is 2.39.